The van der Waals surface area contributed by atoms with Crippen LogP contribution in [0.1, 0.15) is 29.2 Å². The molecular formula is C14H19N5O2. The van der Waals surface area contributed by atoms with E-state index in [0.717, 1.165) is 25.4 Å². The quantitative estimate of drug-likeness (QED) is 0.855. The van der Waals surface area contributed by atoms with Gasteiger partial charge in [0, 0.05) is 12.7 Å². The van der Waals surface area contributed by atoms with Crippen molar-refractivity contribution in [2.45, 2.75) is 25.9 Å². The molecule has 0 aliphatic carbocycles. The van der Waals surface area contributed by atoms with E-state index in [1.165, 1.54) is 12.8 Å². The molecule has 1 amide bonds. The van der Waals surface area contributed by atoms with Crippen LogP contribution < -0.4 is 5.32 Å². The lowest BCUT2D eigenvalue weighted by Crippen LogP contribution is -2.27. The van der Waals surface area contributed by atoms with Crippen molar-refractivity contribution in [1.29, 1.82) is 0 Å². The fraction of sp³-hybridized carbons (Fsp3) is 0.500. The predicted octanol–water partition coefficient (Wildman–Crippen LogP) is 0.897. The number of amides is 1. The van der Waals surface area contributed by atoms with Gasteiger partial charge in [0.1, 0.15) is 5.76 Å². The molecule has 3 heterocycles. The Balaban J connectivity index is 1.47. The summed E-state index contributed by atoms with van der Waals surface area (Å²) in [5, 5.41) is 10.4. The number of hydrogen-bond donors (Lipinski definition) is 1. The van der Waals surface area contributed by atoms with Gasteiger partial charge in [-0.2, -0.15) is 0 Å². The molecule has 0 aromatic carbocycles. The minimum atomic E-state index is -0.192. The second-order valence-corrected chi connectivity index (χ2v) is 5.17. The molecule has 0 bridgehead atoms. The van der Waals surface area contributed by atoms with E-state index >= 15 is 0 Å². The number of aromatic nitrogens is 3. The van der Waals surface area contributed by atoms with E-state index in [0.29, 0.717) is 18.8 Å². The van der Waals surface area contributed by atoms with Crippen molar-refractivity contribution in [2.75, 3.05) is 19.6 Å². The Hall–Kier alpha value is -2.15. The first kappa shape index (κ1) is 13.8. The highest BCUT2D eigenvalue weighted by atomic mass is 16.4. The van der Waals surface area contributed by atoms with Gasteiger partial charge >= 0.3 is 0 Å². The summed E-state index contributed by atoms with van der Waals surface area (Å²) in [5.74, 6) is 1.02. The zero-order valence-electron chi connectivity index (χ0n) is 11.9. The van der Waals surface area contributed by atoms with Gasteiger partial charge in [0.2, 0.25) is 0 Å². The molecule has 7 nitrogen and oxygen atoms in total. The van der Waals surface area contributed by atoms with E-state index in [1.54, 1.807) is 23.1 Å². The molecule has 2 aromatic heterocycles. The van der Waals surface area contributed by atoms with E-state index in [-0.39, 0.29) is 5.91 Å². The number of nitrogens with one attached hydrogen (secondary N) is 1. The van der Waals surface area contributed by atoms with Gasteiger partial charge in [-0.3, -0.25) is 14.4 Å². The van der Waals surface area contributed by atoms with Gasteiger partial charge in [0.05, 0.1) is 19.3 Å². The van der Waals surface area contributed by atoms with Crippen molar-refractivity contribution in [1.82, 2.24) is 25.2 Å². The van der Waals surface area contributed by atoms with Gasteiger partial charge in [-0.05, 0) is 38.1 Å². The van der Waals surface area contributed by atoms with Crippen molar-refractivity contribution in [3.8, 4) is 0 Å². The molecule has 1 N–H and O–H groups in total. The third-order valence-electron chi connectivity index (χ3n) is 3.56. The number of carbonyl (C=O) groups excluding carboxylic acids is 1. The van der Waals surface area contributed by atoms with Crippen LogP contribution in [-0.4, -0.2) is 45.4 Å². The molecule has 112 valence electrons. The van der Waals surface area contributed by atoms with E-state index in [9.17, 15) is 4.79 Å². The number of likely N-dealkylation sites (tertiary alicyclic amines) is 1. The van der Waals surface area contributed by atoms with Crippen molar-refractivity contribution in [3.05, 3.63) is 36.0 Å². The van der Waals surface area contributed by atoms with E-state index in [1.807, 2.05) is 6.07 Å². The molecule has 0 radical (unpaired) electrons. The normalized spacial score (nSPS) is 15.4. The van der Waals surface area contributed by atoms with Gasteiger partial charge in [0.15, 0.2) is 5.76 Å². The Kier molecular flexibility index (Phi) is 4.30. The van der Waals surface area contributed by atoms with E-state index < -0.39 is 0 Å². The van der Waals surface area contributed by atoms with Crippen LogP contribution in [0.3, 0.4) is 0 Å². The molecule has 0 saturated carbocycles. The van der Waals surface area contributed by atoms with Crippen molar-refractivity contribution in [2.24, 2.45) is 0 Å². The Morgan fingerprint density at radius 1 is 1.33 bits per heavy atom. The molecule has 2 aromatic rings. The van der Waals surface area contributed by atoms with Crippen molar-refractivity contribution < 1.29 is 9.21 Å². The summed E-state index contributed by atoms with van der Waals surface area (Å²) in [6.45, 7) is 4.09. The Labute approximate surface area is 122 Å². The highest BCUT2D eigenvalue weighted by Gasteiger charge is 2.15. The first-order valence-electron chi connectivity index (χ1n) is 7.24. The van der Waals surface area contributed by atoms with E-state index in [4.69, 9.17) is 4.42 Å². The van der Waals surface area contributed by atoms with Crippen LogP contribution >= 0.6 is 0 Å². The third kappa shape index (κ3) is 3.69. The smallest absolute Gasteiger partial charge is 0.287 e. The van der Waals surface area contributed by atoms with Crippen LogP contribution in [0.2, 0.25) is 0 Å². The Bertz CT molecular complexity index is 572. The zero-order chi connectivity index (χ0) is 14.5. The summed E-state index contributed by atoms with van der Waals surface area (Å²) >= 11 is 0. The largest absolute Gasteiger partial charge is 0.455 e. The molecule has 1 fully saturated rings. The first-order valence-corrected chi connectivity index (χ1v) is 7.24. The molecule has 3 rings (SSSR count). The first-order chi connectivity index (χ1) is 10.3. The van der Waals surface area contributed by atoms with Crippen LogP contribution in [-0.2, 0) is 13.1 Å². The molecular weight excluding hydrogens is 270 g/mol. The third-order valence-corrected chi connectivity index (χ3v) is 3.56. The highest BCUT2D eigenvalue weighted by Crippen LogP contribution is 2.15. The fourth-order valence-corrected chi connectivity index (χ4v) is 2.47. The second kappa shape index (κ2) is 6.53. The van der Waals surface area contributed by atoms with Gasteiger partial charge in [0.25, 0.3) is 5.91 Å². The number of carbonyl (C=O) groups is 1. The predicted molar refractivity (Wildman–Crippen MR) is 75.6 cm³/mol. The summed E-state index contributed by atoms with van der Waals surface area (Å²) in [5.41, 5.74) is 0. The van der Waals surface area contributed by atoms with Crippen LogP contribution in [0.25, 0.3) is 0 Å². The van der Waals surface area contributed by atoms with Crippen LogP contribution in [0, 0.1) is 0 Å². The monoisotopic (exact) mass is 289 g/mol. The highest BCUT2D eigenvalue weighted by molar-refractivity contribution is 5.91. The number of rotatable bonds is 6. The molecule has 0 unspecified atom stereocenters. The topological polar surface area (TPSA) is 76.2 Å². The average molecular weight is 289 g/mol. The number of hydrogen-bond acceptors (Lipinski definition) is 5. The molecule has 7 heteroatoms. The minimum Gasteiger partial charge on any atom is -0.455 e. The van der Waals surface area contributed by atoms with Gasteiger partial charge in [-0.25, -0.2) is 0 Å². The summed E-state index contributed by atoms with van der Waals surface area (Å²) in [6.07, 6.45) is 5.86. The van der Waals surface area contributed by atoms with Gasteiger partial charge in [-0.15, -0.1) is 5.10 Å². The maximum absolute atomic E-state index is 12.0. The fourth-order valence-electron chi connectivity index (χ4n) is 2.47. The van der Waals surface area contributed by atoms with Crippen molar-refractivity contribution >= 4 is 5.91 Å². The lowest BCUT2D eigenvalue weighted by Gasteiger charge is -2.11. The van der Waals surface area contributed by atoms with E-state index in [2.05, 4.69) is 20.5 Å². The SMILES string of the molecule is O=C(NCCn1ccnn1)c1ccc(CN2CCCC2)o1. The number of nitrogens with zero attached hydrogens (tertiary/aromatic N) is 4. The maximum Gasteiger partial charge on any atom is 0.287 e. The summed E-state index contributed by atoms with van der Waals surface area (Å²) in [7, 11) is 0. The van der Waals surface area contributed by atoms with Gasteiger partial charge < -0.3 is 9.73 Å². The lowest BCUT2D eigenvalue weighted by molar-refractivity contribution is 0.0920. The molecule has 0 atom stereocenters. The zero-order valence-corrected chi connectivity index (χ0v) is 11.9. The lowest BCUT2D eigenvalue weighted by atomic mass is 10.4. The molecule has 0 spiro atoms. The van der Waals surface area contributed by atoms with Crippen LogP contribution in [0.15, 0.2) is 28.9 Å². The maximum atomic E-state index is 12.0. The summed E-state index contributed by atoms with van der Waals surface area (Å²) in [6, 6.07) is 3.61. The van der Waals surface area contributed by atoms with Crippen LogP contribution in [0.5, 0.6) is 0 Å². The average Bonchev–Trinajstić information content (AvgIpc) is 3.20. The summed E-state index contributed by atoms with van der Waals surface area (Å²) < 4.78 is 7.27. The molecule has 1 aliphatic heterocycles. The van der Waals surface area contributed by atoms with Gasteiger partial charge in [-0.1, -0.05) is 5.21 Å². The summed E-state index contributed by atoms with van der Waals surface area (Å²) in [4.78, 5) is 14.3. The number of furan rings is 1. The van der Waals surface area contributed by atoms with Crippen LogP contribution in [0.4, 0.5) is 0 Å². The molecule has 1 saturated heterocycles. The second-order valence-electron chi connectivity index (χ2n) is 5.17. The van der Waals surface area contributed by atoms with Crippen molar-refractivity contribution in [3.63, 3.8) is 0 Å². The molecule has 1 aliphatic rings. The minimum absolute atomic E-state index is 0.192. The molecule has 21 heavy (non-hydrogen) atoms. The Morgan fingerprint density at radius 2 is 2.19 bits per heavy atom. The standard InChI is InChI=1S/C14H19N5O2/c20-14(15-5-9-19-10-6-16-17-19)13-4-3-12(21-13)11-18-7-1-2-8-18/h3-4,6,10H,1-2,5,7-9,11H2,(H,15,20). The Morgan fingerprint density at radius 3 is 2.95 bits per heavy atom.